The highest BCUT2D eigenvalue weighted by atomic mass is 19.3. The molecule has 1 heterocycles. The second-order valence-corrected chi connectivity index (χ2v) is 5.17. The summed E-state index contributed by atoms with van der Waals surface area (Å²) in [5.74, 6) is -0.398. The summed E-state index contributed by atoms with van der Waals surface area (Å²) in [4.78, 5) is 12.2. The fourth-order valence-electron chi connectivity index (χ4n) is 2.40. The Morgan fingerprint density at radius 2 is 1.75 bits per heavy atom. The van der Waals surface area contributed by atoms with Gasteiger partial charge in [0.05, 0.1) is 5.69 Å². The predicted octanol–water partition coefficient (Wildman–Crippen LogP) is 3.37. The van der Waals surface area contributed by atoms with Gasteiger partial charge in [-0.1, -0.05) is 30.3 Å². The Balaban J connectivity index is 1.73. The third-order valence-corrected chi connectivity index (χ3v) is 3.45. The number of benzene rings is 2. The summed E-state index contributed by atoms with van der Waals surface area (Å²) in [5, 5.41) is 4.68. The van der Waals surface area contributed by atoms with Gasteiger partial charge >= 0.3 is 6.61 Å². The van der Waals surface area contributed by atoms with Crippen LogP contribution in [0, 0.1) is 0 Å². The van der Waals surface area contributed by atoms with Crippen LogP contribution in [0.2, 0.25) is 0 Å². The van der Waals surface area contributed by atoms with E-state index in [-0.39, 0.29) is 23.9 Å². The number of hydrogen-bond acceptors (Lipinski definition) is 2. The number of carbonyl (C=O) groups excluding carboxylic acids is 1. The van der Waals surface area contributed by atoms with Gasteiger partial charge in [0, 0.05) is 11.5 Å². The zero-order valence-electron chi connectivity index (χ0n) is 12.7. The minimum Gasteiger partial charge on any atom is -0.433 e. The van der Waals surface area contributed by atoms with E-state index in [1.165, 1.54) is 12.1 Å². The molecule has 122 valence electrons. The second-order valence-electron chi connectivity index (χ2n) is 5.17. The lowest BCUT2D eigenvalue weighted by atomic mass is 10.2. The molecule has 4 nitrogen and oxygen atoms in total. The molecular formula is C18H15F2N2O2+. The monoisotopic (exact) mass is 329 g/mol. The number of para-hydroxylation sites is 2. The summed E-state index contributed by atoms with van der Waals surface area (Å²) in [5.41, 5.74) is 0.212. The molecule has 0 saturated carbocycles. The van der Waals surface area contributed by atoms with Crippen molar-refractivity contribution in [2.75, 3.05) is 5.32 Å². The number of nitrogens with one attached hydrogen (secondary N) is 1. The molecule has 0 radical (unpaired) electrons. The third-order valence-electron chi connectivity index (χ3n) is 3.45. The van der Waals surface area contributed by atoms with Crippen molar-refractivity contribution in [3.05, 3.63) is 67.0 Å². The van der Waals surface area contributed by atoms with E-state index in [0.717, 1.165) is 10.8 Å². The first-order valence-corrected chi connectivity index (χ1v) is 7.33. The van der Waals surface area contributed by atoms with E-state index in [1.807, 2.05) is 36.5 Å². The van der Waals surface area contributed by atoms with Gasteiger partial charge in [0.2, 0.25) is 6.54 Å². The molecule has 0 spiro atoms. The van der Waals surface area contributed by atoms with Crippen LogP contribution in [0.5, 0.6) is 5.75 Å². The highest BCUT2D eigenvalue weighted by molar-refractivity contribution is 5.91. The Morgan fingerprint density at radius 3 is 2.54 bits per heavy atom. The average Bonchev–Trinajstić information content (AvgIpc) is 2.56. The van der Waals surface area contributed by atoms with Crippen LogP contribution in [0.3, 0.4) is 0 Å². The highest BCUT2D eigenvalue weighted by Gasteiger charge is 2.14. The summed E-state index contributed by atoms with van der Waals surface area (Å²) in [6.45, 7) is -2.88. The maximum absolute atomic E-state index is 12.4. The number of halogens is 2. The van der Waals surface area contributed by atoms with Crippen LogP contribution in [0.4, 0.5) is 14.5 Å². The maximum atomic E-state index is 12.4. The zero-order valence-corrected chi connectivity index (χ0v) is 12.7. The number of pyridine rings is 1. The van der Waals surface area contributed by atoms with Gasteiger partial charge in [0.1, 0.15) is 5.75 Å². The van der Waals surface area contributed by atoms with Crippen LogP contribution >= 0.6 is 0 Å². The van der Waals surface area contributed by atoms with Crippen molar-refractivity contribution in [3.63, 3.8) is 0 Å². The lowest BCUT2D eigenvalue weighted by molar-refractivity contribution is -0.682. The lowest BCUT2D eigenvalue weighted by Crippen LogP contribution is -2.39. The van der Waals surface area contributed by atoms with Crippen molar-refractivity contribution in [1.82, 2.24) is 0 Å². The Kier molecular flexibility index (Phi) is 4.65. The third kappa shape index (κ3) is 3.84. The minimum atomic E-state index is -2.95. The molecule has 0 aliphatic heterocycles. The van der Waals surface area contributed by atoms with E-state index < -0.39 is 6.61 Å². The first-order chi connectivity index (χ1) is 11.6. The lowest BCUT2D eigenvalue weighted by Gasteiger charge is -2.10. The molecular weight excluding hydrogens is 314 g/mol. The topological polar surface area (TPSA) is 42.2 Å². The largest absolute Gasteiger partial charge is 0.433 e. The number of aromatic nitrogens is 1. The molecule has 6 heteroatoms. The van der Waals surface area contributed by atoms with E-state index in [4.69, 9.17) is 0 Å². The number of fused-ring (bicyclic) bond motifs is 1. The molecule has 0 unspecified atom stereocenters. The minimum absolute atomic E-state index is 0.0633. The molecule has 24 heavy (non-hydrogen) atoms. The Morgan fingerprint density at radius 1 is 1.04 bits per heavy atom. The maximum Gasteiger partial charge on any atom is 0.387 e. The molecule has 1 N–H and O–H groups in total. The number of anilines is 1. The van der Waals surface area contributed by atoms with E-state index >= 15 is 0 Å². The number of carbonyl (C=O) groups is 1. The van der Waals surface area contributed by atoms with Crippen molar-refractivity contribution < 1.29 is 22.9 Å². The van der Waals surface area contributed by atoms with E-state index in [0.29, 0.717) is 0 Å². The summed E-state index contributed by atoms with van der Waals surface area (Å²) >= 11 is 0. The molecule has 0 bridgehead atoms. The van der Waals surface area contributed by atoms with E-state index in [1.54, 1.807) is 22.9 Å². The number of hydrogen-bond donors (Lipinski definition) is 1. The van der Waals surface area contributed by atoms with Gasteiger partial charge in [0.25, 0.3) is 5.91 Å². The van der Waals surface area contributed by atoms with Gasteiger partial charge in [-0.15, -0.1) is 0 Å². The SMILES string of the molecule is O=C(C[n+]1ccc2ccccc2c1)Nc1ccccc1OC(F)F. The van der Waals surface area contributed by atoms with Crippen molar-refractivity contribution in [2.24, 2.45) is 0 Å². The molecule has 2 aromatic carbocycles. The molecule has 0 aliphatic carbocycles. The first-order valence-electron chi connectivity index (χ1n) is 7.33. The molecule has 3 rings (SSSR count). The number of ether oxygens (including phenoxy) is 1. The molecule has 0 saturated heterocycles. The van der Waals surface area contributed by atoms with Crippen LogP contribution in [0.25, 0.3) is 10.8 Å². The summed E-state index contributed by atoms with van der Waals surface area (Å²) in [6, 6.07) is 15.8. The van der Waals surface area contributed by atoms with Gasteiger partial charge in [-0.25, -0.2) is 0 Å². The van der Waals surface area contributed by atoms with Crippen LogP contribution in [-0.2, 0) is 11.3 Å². The van der Waals surface area contributed by atoms with Crippen LogP contribution < -0.4 is 14.6 Å². The van der Waals surface area contributed by atoms with Gasteiger partial charge in [-0.05, 0) is 23.6 Å². The van der Waals surface area contributed by atoms with Gasteiger partial charge in [0.15, 0.2) is 12.4 Å². The molecule has 1 amide bonds. The quantitative estimate of drug-likeness (QED) is 0.729. The predicted molar refractivity (Wildman–Crippen MR) is 85.8 cm³/mol. The van der Waals surface area contributed by atoms with Gasteiger partial charge in [-0.3, -0.25) is 4.79 Å². The van der Waals surface area contributed by atoms with Crippen LogP contribution in [-0.4, -0.2) is 12.5 Å². The molecule has 0 aliphatic rings. The smallest absolute Gasteiger partial charge is 0.387 e. The molecule has 0 atom stereocenters. The van der Waals surface area contributed by atoms with E-state index in [2.05, 4.69) is 10.1 Å². The molecule has 1 aromatic heterocycles. The molecule has 3 aromatic rings. The van der Waals surface area contributed by atoms with Crippen LogP contribution in [0.15, 0.2) is 67.0 Å². The summed E-state index contributed by atoms with van der Waals surface area (Å²) < 4.78 is 30.9. The zero-order chi connectivity index (χ0) is 16.9. The number of alkyl halides is 2. The van der Waals surface area contributed by atoms with Crippen molar-refractivity contribution in [1.29, 1.82) is 0 Å². The first kappa shape index (κ1) is 15.9. The molecule has 0 fully saturated rings. The number of rotatable bonds is 5. The highest BCUT2D eigenvalue weighted by Crippen LogP contribution is 2.25. The van der Waals surface area contributed by atoms with E-state index in [9.17, 15) is 13.6 Å². The number of amides is 1. The van der Waals surface area contributed by atoms with Crippen LogP contribution in [0.1, 0.15) is 0 Å². The van der Waals surface area contributed by atoms with Crippen molar-refractivity contribution in [3.8, 4) is 5.75 Å². The van der Waals surface area contributed by atoms with Gasteiger partial charge < -0.3 is 10.1 Å². The standard InChI is InChI=1S/C18H14F2N2O2/c19-18(20)24-16-8-4-3-7-15(16)21-17(23)12-22-10-9-13-5-1-2-6-14(13)11-22/h1-11,18H,12H2/p+1. The van der Waals surface area contributed by atoms with Crippen molar-refractivity contribution in [2.45, 2.75) is 13.2 Å². The fourth-order valence-corrected chi connectivity index (χ4v) is 2.40. The van der Waals surface area contributed by atoms with Gasteiger partial charge in [-0.2, -0.15) is 13.3 Å². The van der Waals surface area contributed by atoms with Crippen molar-refractivity contribution >= 4 is 22.4 Å². The Bertz CT molecular complexity index is 868. The number of nitrogens with zero attached hydrogens (tertiary/aromatic N) is 1. The summed E-state index contributed by atoms with van der Waals surface area (Å²) in [7, 11) is 0. The Labute approximate surface area is 137 Å². The Hall–Kier alpha value is -3.02. The average molecular weight is 329 g/mol. The summed E-state index contributed by atoms with van der Waals surface area (Å²) in [6.07, 6.45) is 3.65. The normalized spacial score (nSPS) is 10.8. The second kappa shape index (κ2) is 7.04. The fraction of sp³-hybridized carbons (Fsp3) is 0.111.